The summed E-state index contributed by atoms with van der Waals surface area (Å²) in [5, 5.41) is 12.2. The number of rotatable bonds is 4. The van der Waals surface area contributed by atoms with Crippen LogP contribution in [0.25, 0.3) is 15.9 Å². The van der Waals surface area contributed by atoms with Crippen molar-refractivity contribution in [3.05, 3.63) is 77.2 Å². The van der Waals surface area contributed by atoms with Crippen molar-refractivity contribution in [1.82, 2.24) is 29.2 Å². The van der Waals surface area contributed by atoms with Crippen molar-refractivity contribution in [3.63, 3.8) is 0 Å². The smallest absolute Gasteiger partial charge is 0.267 e. The molecule has 136 valence electrons. The Kier molecular flexibility index (Phi) is 4.18. The van der Waals surface area contributed by atoms with E-state index in [9.17, 15) is 4.79 Å². The van der Waals surface area contributed by atoms with E-state index < -0.39 is 0 Å². The third kappa shape index (κ3) is 3.08. The van der Waals surface area contributed by atoms with Crippen molar-refractivity contribution in [2.24, 2.45) is 5.10 Å². The maximum atomic E-state index is 13.0. The molecule has 4 heterocycles. The molecule has 0 radical (unpaired) electrons. The first-order chi connectivity index (χ1) is 13.8. The fourth-order valence-electron chi connectivity index (χ4n) is 2.63. The van der Waals surface area contributed by atoms with E-state index in [1.807, 2.05) is 30.3 Å². The summed E-state index contributed by atoms with van der Waals surface area (Å²) in [6.45, 7) is 0. The van der Waals surface area contributed by atoms with Crippen molar-refractivity contribution in [1.29, 1.82) is 0 Å². The highest BCUT2D eigenvalue weighted by Crippen LogP contribution is 2.34. The normalized spacial score (nSPS) is 11.7. The Labute approximate surface area is 166 Å². The first kappa shape index (κ1) is 16.8. The molecule has 0 amide bonds. The zero-order valence-corrected chi connectivity index (χ0v) is 15.8. The first-order valence-corrected chi connectivity index (χ1v) is 9.85. The third-order valence-corrected chi connectivity index (χ3v) is 6.02. The van der Waals surface area contributed by atoms with Crippen molar-refractivity contribution in [3.8, 4) is 0 Å². The number of nitrogens with zero attached hydrogens (tertiary/aromatic N) is 7. The van der Waals surface area contributed by atoms with Gasteiger partial charge in [-0.1, -0.05) is 18.2 Å². The summed E-state index contributed by atoms with van der Waals surface area (Å²) < 4.78 is 4.82. The number of para-hydroxylation sites is 1. The minimum absolute atomic E-state index is 0.203. The van der Waals surface area contributed by atoms with E-state index in [-0.39, 0.29) is 5.56 Å². The summed E-state index contributed by atoms with van der Waals surface area (Å²) in [6, 6.07) is 13.4. The van der Waals surface area contributed by atoms with Crippen LogP contribution in [0.3, 0.4) is 0 Å². The quantitative estimate of drug-likeness (QED) is 0.337. The number of hydrogen-bond acceptors (Lipinski definition) is 8. The van der Waals surface area contributed by atoms with Crippen molar-refractivity contribution in [2.45, 2.75) is 9.37 Å². The van der Waals surface area contributed by atoms with Crippen LogP contribution in [-0.2, 0) is 0 Å². The molecule has 0 fully saturated rings. The predicted octanol–water partition coefficient (Wildman–Crippen LogP) is 2.93. The standard InChI is InChI=1S/C18H11N7OS2/c26-17-12(9-21-24-10-19-20-11-24)16(23-15-7-3-4-8-25(15)17)28-18-22-13-5-1-2-6-14(13)27-18/h1-11H. The molecule has 0 saturated carbocycles. The van der Waals surface area contributed by atoms with Crippen LogP contribution in [0.15, 0.2) is 80.6 Å². The molecule has 8 nitrogen and oxygen atoms in total. The van der Waals surface area contributed by atoms with Crippen LogP contribution in [0.5, 0.6) is 0 Å². The van der Waals surface area contributed by atoms with Gasteiger partial charge in [-0.25, -0.2) is 14.6 Å². The molecule has 0 N–H and O–H groups in total. The molecular formula is C18H11N7OS2. The molecule has 0 atom stereocenters. The average Bonchev–Trinajstić information content (AvgIpc) is 3.37. The molecule has 0 spiro atoms. The molecule has 5 aromatic rings. The van der Waals surface area contributed by atoms with Gasteiger partial charge in [-0.3, -0.25) is 9.20 Å². The number of hydrogen-bond donors (Lipinski definition) is 0. The lowest BCUT2D eigenvalue weighted by molar-refractivity contribution is 0.874. The van der Waals surface area contributed by atoms with Gasteiger partial charge in [0.2, 0.25) is 0 Å². The molecule has 0 unspecified atom stereocenters. The lowest BCUT2D eigenvalue weighted by Gasteiger charge is -2.06. The second-order valence-corrected chi connectivity index (χ2v) is 7.97. The fourth-order valence-corrected chi connectivity index (χ4v) is 4.70. The highest BCUT2D eigenvalue weighted by molar-refractivity contribution is 8.01. The molecule has 10 heteroatoms. The Morgan fingerprint density at radius 2 is 1.86 bits per heavy atom. The van der Waals surface area contributed by atoms with Gasteiger partial charge >= 0.3 is 0 Å². The molecule has 5 rings (SSSR count). The summed E-state index contributed by atoms with van der Waals surface area (Å²) in [4.78, 5) is 22.3. The van der Waals surface area contributed by atoms with Crippen molar-refractivity contribution < 1.29 is 0 Å². The molecule has 28 heavy (non-hydrogen) atoms. The molecule has 0 aliphatic rings. The number of aromatic nitrogens is 6. The molecule has 0 aliphatic heterocycles. The van der Waals surface area contributed by atoms with Crippen LogP contribution >= 0.6 is 23.1 Å². The second-order valence-electron chi connectivity index (χ2n) is 5.70. The maximum Gasteiger partial charge on any atom is 0.267 e. The molecule has 0 bridgehead atoms. The van der Waals surface area contributed by atoms with E-state index in [0.29, 0.717) is 16.2 Å². The van der Waals surface area contributed by atoms with E-state index in [4.69, 9.17) is 0 Å². The SMILES string of the molecule is O=c1c(C=Nn2cnnc2)c(Sc2nc3ccccc3s2)nc2ccccn12. The Balaban J connectivity index is 1.65. The zero-order chi connectivity index (χ0) is 18.9. The van der Waals surface area contributed by atoms with Gasteiger partial charge < -0.3 is 0 Å². The summed E-state index contributed by atoms with van der Waals surface area (Å²) in [5.41, 5.74) is 1.66. The fraction of sp³-hybridized carbons (Fsp3) is 0. The summed E-state index contributed by atoms with van der Waals surface area (Å²) in [6.07, 6.45) is 6.06. The van der Waals surface area contributed by atoms with Crippen molar-refractivity contribution >= 4 is 45.2 Å². The van der Waals surface area contributed by atoms with Crippen LogP contribution in [0.4, 0.5) is 0 Å². The van der Waals surface area contributed by atoms with Gasteiger partial charge in [0.25, 0.3) is 5.56 Å². The van der Waals surface area contributed by atoms with Crippen LogP contribution in [0.1, 0.15) is 5.56 Å². The number of thiazole rings is 1. The highest BCUT2D eigenvalue weighted by atomic mass is 32.2. The molecule has 0 saturated heterocycles. The van der Waals surface area contributed by atoms with Gasteiger partial charge in [0.1, 0.15) is 23.3 Å². The molecular weight excluding hydrogens is 394 g/mol. The van der Waals surface area contributed by atoms with Gasteiger partial charge in [0.05, 0.1) is 22.0 Å². The average molecular weight is 405 g/mol. The van der Waals surface area contributed by atoms with Gasteiger partial charge in [-0.2, -0.15) is 5.10 Å². The number of pyridine rings is 1. The topological polar surface area (TPSA) is 90.3 Å². The molecule has 0 aliphatic carbocycles. The summed E-state index contributed by atoms with van der Waals surface area (Å²) >= 11 is 2.92. The largest absolute Gasteiger partial charge is 0.268 e. The van der Waals surface area contributed by atoms with E-state index in [0.717, 1.165) is 14.6 Å². The maximum absolute atomic E-state index is 13.0. The van der Waals surface area contributed by atoms with Crippen LogP contribution in [0, 0.1) is 0 Å². The predicted molar refractivity (Wildman–Crippen MR) is 108 cm³/mol. The highest BCUT2D eigenvalue weighted by Gasteiger charge is 2.15. The molecule has 4 aromatic heterocycles. The summed E-state index contributed by atoms with van der Waals surface area (Å²) in [7, 11) is 0. The Bertz CT molecular complexity index is 1340. The minimum Gasteiger partial charge on any atom is -0.268 e. The van der Waals surface area contributed by atoms with E-state index in [1.54, 1.807) is 29.7 Å². The Hall–Kier alpha value is -3.37. The number of fused-ring (bicyclic) bond motifs is 2. The van der Waals surface area contributed by atoms with Crippen molar-refractivity contribution in [2.75, 3.05) is 0 Å². The number of benzene rings is 1. The lowest BCUT2D eigenvalue weighted by Crippen LogP contribution is -2.20. The van der Waals surface area contributed by atoms with E-state index >= 15 is 0 Å². The van der Waals surface area contributed by atoms with Gasteiger partial charge in [-0.05, 0) is 36.0 Å². The van der Waals surface area contributed by atoms with E-state index in [2.05, 4.69) is 25.3 Å². The zero-order valence-electron chi connectivity index (χ0n) is 14.2. The van der Waals surface area contributed by atoms with Gasteiger partial charge in [0, 0.05) is 6.20 Å². The third-order valence-electron chi connectivity index (χ3n) is 3.92. The lowest BCUT2D eigenvalue weighted by atomic mass is 10.3. The van der Waals surface area contributed by atoms with E-state index in [1.165, 1.54) is 39.7 Å². The minimum atomic E-state index is -0.203. The van der Waals surface area contributed by atoms with Crippen LogP contribution < -0.4 is 5.56 Å². The van der Waals surface area contributed by atoms with Crippen LogP contribution in [-0.4, -0.2) is 35.5 Å². The van der Waals surface area contributed by atoms with Gasteiger partial charge in [-0.15, -0.1) is 21.5 Å². The monoisotopic (exact) mass is 405 g/mol. The first-order valence-electron chi connectivity index (χ1n) is 8.22. The summed E-state index contributed by atoms with van der Waals surface area (Å²) in [5.74, 6) is 0. The Morgan fingerprint density at radius 1 is 1.04 bits per heavy atom. The second kappa shape index (κ2) is 6.98. The van der Waals surface area contributed by atoms with Gasteiger partial charge in [0.15, 0.2) is 4.34 Å². The molecule has 1 aromatic carbocycles. The Morgan fingerprint density at radius 3 is 2.71 bits per heavy atom. The van der Waals surface area contributed by atoms with Crippen LogP contribution in [0.2, 0.25) is 0 Å².